The molecule has 0 aliphatic rings. The van der Waals surface area contributed by atoms with Crippen LogP contribution < -0.4 is 5.32 Å². The van der Waals surface area contributed by atoms with Crippen molar-refractivity contribution in [2.24, 2.45) is 0 Å². The number of aliphatic hydroxyl groups is 2. The van der Waals surface area contributed by atoms with Crippen molar-refractivity contribution < 1.29 is 15.0 Å². The topological polar surface area (TPSA) is 69.6 Å². The molecule has 0 unspecified atom stereocenters. The lowest BCUT2D eigenvalue weighted by Crippen LogP contribution is -2.53. The number of hydrogen-bond acceptors (Lipinski definition) is 4. The number of aliphatic hydroxyl groups excluding tert-OH is 2. The van der Waals surface area contributed by atoms with E-state index < -0.39 is 5.54 Å². The summed E-state index contributed by atoms with van der Waals surface area (Å²) in [5.74, 6) is -0.255. The first kappa shape index (κ1) is 12.2. The Labute approximate surface area is 92.6 Å². The quantitative estimate of drug-likeness (QED) is 0.693. The van der Waals surface area contributed by atoms with Crippen LogP contribution in [-0.2, 0) is 0 Å². The molecule has 15 heavy (non-hydrogen) atoms. The monoisotopic (exact) mass is 229 g/mol. The van der Waals surface area contributed by atoms with Crippen molar-refractivity contribution in [3.8, 4) is 0 Å². The van der Waals surface area contributed by atoms with Gasteiger partial charge in [-0.1, -0.05) is 13.0 Å². The Bertz CT molecular complexity index is 298. The highest BCUT2D eigenvalue weighted by molar-refractivity contribution is 7.12. The number of hydrogen-bond donors (Lipinski definition) is 3. The molecule has 0 aromatic carbocycles. The molecule has 3 N–H and O–H groups in total. The van der Waals surface area contributed by atoms with Gasteiger partial charge in [-0.2, -0.15) is 0 Å². The van der Waals surface area contributed by atoms with E-state index in [1.165, 1.54) is 11.3 Å². The molecule has 4 nitrogen and oxygen atoms in total. The van der Waals surface area contributed by atoms with Gasteiger partial charge in [0.25, 0.3) is 5.91 Å². The molecule has 0 bridgehead atoms. The Hall–Kier alpha value is -0.910. The van der Waals surface area contributed by atoms with Crippen molar-refractivity contribution in [2.45, 2.75) is 18.9 Å². The van der Waals surface area contributed by atoms with E-state index in [0.717, 1.165) is 0 Å². The van der Waals surface area contributed by atoms with Gasteiger partial charge in [0.05, 0.1) is 23.6 Å². The standard InChI is InChI=1S/C10H15NO3S/c1-2-10(6-12,7-13)11-9(14)8-4-3-5-15-8/h3-5,12-13H,2,6-7H2,1H3,(H,11,14). The summed E-state index contributed by atoms with van der Waals surface area (Å²) in [6, 6.07) is 3.49. The highest BCUT2D eigenvalue weighted by Crippen LogP contribution is 2.13. The van der Waals surface area contributed by atoms with Crippen molar-refractivity contribution in [3.05, 3.63) is 22.4 Å². The van der Waals surface area contributed by atoms with Crippen LogP contribution in [0.1, 0.15) is 23.0 Å². The van der Waals surface area contributed by atoms with Crippen LogP contribution in [0.5, 0.6) is 0 Å². The summed E-state index contributed by atoms with van der Waals surface area (Å²) < 4.78 is 0. The van der Waals surface area contributed by atoms with Gasteiger partial charge >= 0.3 is 0 Å². The van der Waals surface area contributed by atoms with Crippen molar-refractivity contribution in [2.75, 3.05) is 13.2 Å². The second-order valence-electron chi connectivity index (χ2n) is 3.38. The average Bonchev–Trinajstić information content (AvgIpc) is 2.79. The van der Waals surface area contributed by atoms with Crippen LogP contribution in [-0.4, -0.2) is 34.9 Å². The number of carbonyl (C=O) groups is 1. The summed E-state index contributed by atoms with van der Waals surface area (Å²) in [7, 11) is 0. The molecule has 0 saturated heterocycles. The molecule has 0 fully saturated rings. The van der Waals surface area contributed by atoms with E-state index in [2.05, 4.69) is 5.32 Å². The smallest absolute Gasteiger partial charge is 0.261 e. The van der Waals surface area contributed by atoms with Crippen LogP contribution in [0.4, 0.5) is 0 Å². The minimum Gasteiger partial charge on any atom is -0.394 e. The van der Waals surface area contributed by atoms with Crippen molar-refractivity contribution >= 4 is 17.2 Å². The summed E-state index contributed by atoms with van der Waals surface area (Å²) in [6.45, 7) is 1.27. The molecular formula is C10H15NO3S. The number of rotatable bonds is 5. The molecule has 0 radical (unpaired) electrons. The zero-order valence-corrected chi connectivity index (χ0v) is 9.38. The molecule has 0 aliphatic heterocycles. The predicted octanol–water partition coefficient (Wildman–Crippen LogP) is 0.611. The Morgan fingerprint density at radius 2 is 2.20 bits per heavy atom. The van der Waals surface area contributed by atoms with E-state index in [9.17, 15) is 4.79 Å². The summed E-state index contributed by atoms with van der Waals surface area (Å²) >= 11 is 1.33. The lowest BCUT2D eigenvalue weighted by molar-refractivity contribution is 0.0656. The van der Waals surface area contributed by atoms with Gasteiger partial charge in [-0.05, 0) is 17.9 Å². The first-order valence-corrected chi connectivity index (χ1v) is 5.63. The normalized spacial score (nSPS) is 11.4. The van der Waals surface area contributed by atoms with Gasteiger partial charge in [0.1, 0.15) is 0 Å². The van der Waals surface area contributed by atoms with E-state index in [1.807, 2.05) is 0 Å². The molecule has 1 amide bonds. The highest BCUT2D eigenvalue weighted by Gasteiger charge is 2.29. The molecule has 0 atom stereocenters. The third-order valence-corrected chi connectivity index (χ3v) is 3.27. The second kappa shape index (κ2) is 5.25. The van der Waals surface area contributed by atoms with Crippen LogP contribution in [0.2, 0.25) is 0 Å². The van der Waals surface area contributed by atoms with Crippen LogP contribution in [0.3, 0.4) is 0 Å². The maximum atomic E-state index is 11.7. The van der Waals surface area contributed by atoms with Crippen molar-refractivity contribution in [3.63, 3.8) is 0 Å². The predicted molar refractivity (Wildman–Crippen MR) is 59.0 cm³/mol. The largest absolute Gasteiger partial charge is 0.394 e. The molecule has 1 rings (SSSR count). The van der Waals surface area contributed by atoms with Gasteiger partial charge < -0.3 is 15.5 Å². The molecule has 84 valence electrons. The van der Waals surface area contributed by atoms with Gasteiger partial charge in [-0.25, -0.2) is 0 Å². The Kier molecular flexibility index (Phi) is 4.26. The Morgan fingerprint density at radius 3 is 2.60 bits per heavy atom. The summed E-state index contributed by atoms with van der Waals surface area (Å²) in [5, 5.41) is 22.8. The average molecular weight is 229 g/mol. The maximum Gasteiger partial charge on any atom is 0.261 e. The Balaban J connectivity index is 2.71. The van der Waals surface area contributed by atoms with Crippen LogP contribution in [0.15, 0.2) is 17.5 Å². The number of amides is 1. The number of carbonyl (C=O) groups excluding carboxylic acids is 1. The zero-order valence-electron chi connectivity index (χ0n) is 8.56. The van der Waals surface area contributed by atoms with Gasteiger partial charge in [-0.3, -0.25) is 4.79 Å². The molecule has 1 aromatic rings. The van der Waals surface area contributed by atoms with Crippen LogP contribution >= 0.6 is 11.3 Å². The van der Waals surface area contributed by atoms with E-state index in [0.29, 0.717) is 11.3 Å². The molecule has 0 aliphatic carbocycles. The van der Waals surface area contributed by atoms with E-state index in [-0.39, 0.29) is 19.1 Å². The fraction of sp³-hybridized carbons (Fsp3) is 0.500. The summed E-state index contributed by atoms with van der Waals surface area (Å²) in [5.41, 5.74) is -0.916. The summed E-state index contributed by atoms with van der Waals surface area (Å²) in [6.07, 6.45) is 0.483. The van der Waals surface area contributed by atoms with Crippen molar-refractivity contribution in [1.29, 1.82) is 0 Å². The molecular weight excluding hydrogens is 214 g/mol. The first-order valence-electron chi connectivity index (χ1n) is 4.75. The van der Waals surface area contributed by atoms with Gasteiger partial charge in [0.15, 0.2) is 0 Å². The number of nitrogens with one attached hydrogen (secondary N) is 1. The minimum absolute atomic E-state index is 0.255. The highest BCUT2D eigenvalue weighted by atomic mass is 32.1. The van der Waals surface area contributed by atoms with Gasteiger partial charge in [-0.15, -0.1) is 11.3 Å². The fourth-order valence-electron chi connectivity index (χ4n) is 1.15. The van der Waals surface area contributed by atoms with Crippen LogP contribution in [0.25, 0.3) is 0 Å². The number of thiophene rings is 1. The van der Waals surface area contributed by atoms with E-state index in [1.54, 1.807) is 24.4 Å². The SMILES string of the molecule is CCC(CO)(CO)NC(=O)c1cccs1. The van der Waals surface area contributed by atoms with Gasteiger partial charge in [0, 0.05) is 0 Å². The molecule has 5 heteroatoms. The first-order chi connectivity index (χ1) is 7.17. The molecule has 0 saturated carbocycles. The molecule has 1 aromatic heterocycles. The molecule has 1 heterocycles. The second-order valence-corrected chi connectivity index (χ2v) is 4.33. The van der Waals surface area contributed by atoms with Crippen LogP contribution in [0, 0.1) is 0 Å². The lowest BCUT2D eigenvalue weighted by Gasteiger charge is -2.29. The van der Waals surface area contributed by atoms with E-state index >= 15 is 0 Å². The van der Waals surface area contributed by atoms with Gasteiger partial charge in [0.2, 0.25) is 0 Å². The van der Waals surface area contributed by atoms with E-state index in [4.69, 9.17) is 10.2 Å². The Morgan fingerprint density at radius 1 is 1.53 bits per heavy atom. The maximum absolute atomic E-state index is 11.7. The molecule has 0 spiro atoms. The van der Waals surface area contributed by atoms with Crippen molar-refractivity contribution in [1.82, 2.24) is 5.32 Å². The lowest BCUT2D eigenvalue weighted by atomic mass is 9.98. The zero-order chi connectivity index (χ0) is 11.3. The third kappa shape index (κ3) is 2.77. The fourth-order valence-corrected chi connectivity index (χ4v) is 1.77. The third-order valence-electron chi connectivity index (χ3n) is 2.41. The summed E-state index contributed by atoms with van der Waals surface area (Å²) in [4.78, 5) is 12.3. The minimum atomic E-state index is -0.916.